The number of ether oxygens (including phenoxy) is 1. The van der Waals surface area contributed by atoms with Crippen LogP contribution in [0.15, 0.2) is 24.3 Å². The standard InChI is InChI=1S/C11H11F3N2O2/c12-11(13,14)18-9-3-1-2-8(6-9)16-5-4-15-7-10(16)17/h1-3,6,15H,4-5,7H2. The van der Waals surface area contributed by atoms with Crippen molar-refractivity contribution in [3.8, 4) is 5.75 Å². The van der Waals surface area contributed by atoms with Gasteiger partial charge in [-0.25, -0.2) is 0 Å². The van der Waals surface area contributed by atoms with Gasteiger partial charge in [0.05, 0.1) is 6.54 Å². The zero-order valence-corrected chi connectivity index (χ0v) is 9.33. The van der Waals surface area contributed by atoms with Crippen LogP contribution in [-0.2, 0) is 4.79 Å². The highest BCUT2D eigenvalue weighted by Gasteiger charge is 2.31. The van der Waals surface area contributed by atoms with E-state index in [0.717, 1.165) is 0 Å². The molecule has 1 aliphatic rings. The van der Waals surface area contributed by atoms with Crippen molar-refractivity contribution in [1.29, 1.82) is 0 Å². The fraction of sp³-hybridized carbons (Fsp3) is 0.364. The first kappa shape index (κ1) is 12.7. The highest BCUT2D eigenvalue weighted by Crippen LogP contribution is 2.27. The molecule has 0 spiro atoms. The van der Waals surface area contributed by atoms with Gasteiger partial charge in [-0.3, -0.25) is 4.79 Å². The molecule has 0 aromatic heterocycles. The van der Waals surface area contributed by atoms with E-state index >= 15 is 0 Å². The molecule has 4 nitrogen and oxygen atoms in total. The molecule has 0 atom stereocenters. The predicted octanol–water partition coefficient (Wildman–Crippen LogP) is 1.52. The van der Waals surface area contributed by atoms with Gasteiger partial charge in [-0.1, -0.05) is 6.07 Å². The van der Waals surface area contributed by atoms with E-state index in [9.17, 15) is 18.0 Å². The van der Waals surface area contributed by atoms with Gasteiger partial charge in [0.15, 0.2) is 0 Å². The van der Waals surface area contributed by atoms with E-state index < -0.39 is 6.36 Å². The quantitative estimate of drug-likeness (QED) is 0.876. The van der Waals surface area contributed by atoms with Crippen molar-refractivity contribution < 1.29 is 22.7 Å². The summed E-state index contributed by atoms with van der Waals surface area (Å²) < 4.78 is 40.1. The van der Waals surface area contributed by atoms with E-state index in [2.05, 4.69) is 10.1 Å². The molecule has 18 heavy (non-hydrogen) atoms. The second-order valence-electron chi connectivity index (χ2n) is 3.77. The van der Waals surface area contributed by atoms with Crippen molar-refractivity contribution in [2.75, 3.05) is 24.5 Å². The third-order valence-electron chi connectivity index (χ3n) is 2.45. The third-order valence-corrected chi connectivity index (χ3v) is 2.45. The Labute approximate surface area is 101 Å². The fourth-order valence-electron chi connectivity index (χ4n) is 1.73. The number of alkyl halides is 3. The molecule has 0 unspecified atom stereocenters. The fourth-order valence-corrected chi connectivity index (χ4v) is 1.73. The molecule has 0 bridgehead atoms. The summed E-state index contributed by atoms with van der Waals surface area (Å²) in [7, 11) is 0. The van der Waals surface area contributed by atoms with Crippen molar-refractivity contribution in [3.05, 3.63) is 24.3 Å². The zero-order valence-electron chi connectivity index (χ0n) is 9.33. The van der Waals surface area contributed by atoms with E-state index in [1.807, 2.05) is 0 Å². The average Bonchev–Trinajstić information content (AvgIpc) is 2.27. The van der Waals surface area contributed by atoms with E-state index in [1.165, 1.54) is 23.1 Å². The first-order chi connectivity index (χ1) is 8.46. The Hall–Kier alpha value is -1.76. The molecular formula is C11H11F3N2O2. The topological polar surface area (TPSA) is 41.6 Å². The molecule has 1 N–H and O–H groups in total. The largest absolute Gasteiger partial charge is 0.573 e. The molecule has 0 radical (unpaired) electrons. The van der Waals surface area contributed by atoms with Crippen LogP contribution in [0.5, 0.6) is 5.75 Å². The predicted molar refractivity (Wildman–Crippen MR) is 58.3 cm³/mol. The summed E-state index contributed by atoms with van der Waals surface area (Å²) in [6, 6.07) is 5.40. The maximum atomic E-state index is 12.1. The van der Waals surface area contributed by atoms with Crippen LogP contribution in [0.1, 0.15) is 0 Å². The first-order valence-corrected chi connectivity index (χ1v) is 5.32. The Bertz CT molecular complexity index is 448. The minimum atomic E-state index is -4.73. The number of nitrogens with one attached hydrogen (secondary N) is 1. The van der Waals surface area contributed by atoms with Crippen LogP contribution in [0.3, 0.4) is 0 Å². The zero-order chi connectivity index (χ0) is 13.2. The van der Waals surface area contributed by atoms with Gasteiger partial charge in [-0.15, -0.1) is 13.2 Å². The average molecular weight is 260 g/mol. The monoisotopic (exact) mass is 260 g/mol. The normalized spacial score (nSPS) is 16.8. The maximum absolute atomic E-state index is 12.1. The van der Waals surface area contributed by atoms with Gasteiger partial charge in [-0.05, 0) is 12.1 Å². The lowest BCUT2D eigenvalue weighted by Crippen LogP contribution is -2.48. The van der Waals surface area contributed by atoms with Crippen molar-refractivity contribution in [2.45, 2.75) is 6.36 Å². The summed E-state index contributed by atoms with van der Waals surface area (Å²) in [5.41, 5.74) is 0.406. The molecule has 1 aromatic rings. The maximum Gasteiger partial charge on any atom is 0.573 e. The van der Waals surface area contributed by atoms with Crippen LogP contribution < -0.4 is 15.0 Å². The van der Waals surface area contributed by atoms with Crippen molar-refractivity contribution >= 4 is 11.6 Å². The Balaban J connectivity index is 2.18. The number of hydrogen-bond acceptors (Lipinski definition) is 3. The number of hydrogen-bond donors (Lipinski definition) is 1. The Morgan fingerprint density at radius 1 is 1.33 bits per heavy atom. The van der Waals surface area contributed by atoms with Gasteiger partial charge >= 0.3 is 6.36 Å². The molecule has 1 heterocycles. The number of benzene rings is 1. The van der Waals surface area contributed by atoms with Crippen LogP contribution in [0.25, 0.3) is 0 Å². The van der Waals surface area contributed by atoms with Crippen LogP contribution in [-0.4, -0.2) is 31.9 Å². The number of rotatable bonds is 2. The highest BCUT2D eigenvalue weighted by molar-refractivity contribution is 5.95. The molecule has 2 rings (SSSR count). The minimum Gasteiger partial charge on any atom is -0.406 e. The summed E-state index contributed by atoms with van der Waals surface area (Å²) >= 11 is 0. The lowest BCUT2D eigenvalue weighted by molar-refractivity contribution is -0.274. The summed E-state index contributed by atoms with van der Waals surface area (Å²) in [6.07, 6.45) is -4.73. The van der Waals surface area contributed by atoms with Crippen molar-refractivity contribution in [2.24, 2.45) is 0 Å². The van der Waals surface area contributed by atoms with Gasteiger partial charge in [0.2, 0.25) is 5.91 Å². The summed E-state index contributed by atoms with van der Waals surface area (Å²) in [6.45, 7) is 1.22. The Morgan fingerprint density at radius 2 is 2.11 bits per heavy atom. The van der Waals surface area contributed by atoms with E-state index in [1.54, 1.807) is 6.07 Å². The molecule has 1 fully saturated rings. The molecule has 1 saturated heterocycles. The van der Waals surface area contributed by atoms with Crippen molar-refractivity contribution in [3.63, 3.8) is 0 Å². The van der Waals surface area contributed by atoms with Gasteiger partial charge in [0, 0.05) is 24.8 Å². The molecule has 1 aliphatic heterocycles. The van der Waals surface area contributed by atoms with Crippen LogP contribution in [0.4, 0.5) is 18.9 Å². The third kappa shape index (κ3) is 3.13. The molecule has 1 amide bonds. The van der Waals surface area contributed by atoms with E-state index in [4.69, 9.17) is 0 Å². The number of carbonyl (C=O) groups excluding carboxylic acids is 1. The molecule has 0 saturated carbocycles. The van der Waals surface area contributed by atoms with Crippen LogP contribution in [0.2, 0.25) is 0 Å². The Kier molecular flexibility index (Phi) is 3.42. The number of halogens is 3. The molecule has 0 aliphatic carbocycles. The SMILES string of the molecule is O=C1CNCCN1c1cccc(OC(F)(F)F)c1. The number of anilines is 1. The van der Waals surface area contributed by atoms with E-state index in [0.29, 0.717) is 18.8 Å². The van der Waals surface area contributed by atoms with Crippen LogP contribution >= 0.6 is 0 Å². The Morgan fingerprint density at radius 3 is 2.78 bits per heavy atom. The van der Waals surface area contributed by atoms with E-state index in [-0.39, 0.29) is 18.2 Å². The summed E-state index contributed by atoms with van der Waals surface area (Å²) in [5.74, 6) is -0.503. The van der Waals surface area contributed by atoms with Crippen LogP contribution in [0, 0.1) is 0 Å². The minimum absolute atomic E-state index is 0.176. The van der Waals surface area contributed by atoms with Gasteiger partial charge in [0.1, 0.15) is 5.75 Å². The first-order valence-electron chi connectivity index (χ1n) is 5.32. The lowest BCUT2D eigenvalue weighted by Gasteiger charge is -2.27. The number of carbonyl (C=O) groups is 1. The molecule has 1 aromatic carbocycles. The molecular weight excluding hydrogens is 249 g/mol. The number of amides is 1. The number of nitrogens with zero attached hydrogens (tertiary/aromatic N) is 1. The second-order valence-corrected chi connectivity index (χ2v) is 3.77. The van der Waals surface area contributed by atoms with Gasteiger partial charge in [0.25, 0.3) is 0 Å². The van der Waals surface area contributed by atoms with Gasteiger partial charge in [-0.2, -0.15) is 0 Å². The summed E-state index contributed by atoms with van der Waals surface area (Å²) in [4.78, 5) is 13.0. The lowest BCUT2D eigenvalue weighted by atomic mass is 10.2. The van der Waals surface area contributed by atoms with Crippen molar-refractivity contribution in [1.82, 2.24) is 5.32 Å². The number of piperazine rings is 1. The highest BCUT2D eigenvalue weighted by atomic mass is 19.4. The smallest absolute Gasteiger partial charge is 0.406 e. The second kappa shape index (κ2) is 4.85. The van der Waals surface area contributed by atoms with Gasteiger partial charge < -0.3 is 15.0 Å². The molecule has 98 valence electrons. The molecule has 7 heteroatoms. The summed E-state index contributed by atoms with van der Waals surface area (Å²) in [5, 5.41) is 2.88.